The van der Waals surface area contributed by atoms with Gasteiger partial charge in [-0.1, -0.05) is 11.6 Å². The topological polar surface area (TPSA) is 41.6 Å². The van der Waals surface area contributed by atoms with Crippen molar-refractivity contribution in [3.63, 3.8) is 0 Å². The standard InChI is InChI=1S/C15H15ClN2O2S/c16-12-1-2-14(18-4-6-20-7-5-18)13(9-12)17-15(19)11-3-8-21-10-11/h1-3,8-10H,4-7H2,(H,17,19). The highest BCUT2D eigenvalue weighted by molar-refractivity contribution is 7.08. The van der Waals surface area contributed by atoms with Crippen LogP contribution in [-0.4, -0.2) is 32.2 Å². The summed E-state index contributed by atoms with van der Waals surface area (Å²) in [5, 5.41) is 7.27. The van der Waals surface area contributed by atoms with Crippen molar-refractivity contribution in [2.75, 3.05) is 36.5 Å². The van der Waals surface area contributed by atoms with Gasteiger partial charge >= 0.3 is 0 Å². The molecule has 0 unspecified atom stereocenters. The molecule has 110 valence electrons. The molecule has 6 heteroatoms. The van der Waals surface area contributed by atoms with Crippen molar-refractivity contribution >= 4 is 40.2 Å². The summed E-state index contributed by atoms with van der Waals surface area (Å²) in [5.41, 5.74) is 2.37. The van der Waals surface area contributed by atoms with Crippen molar-refractivity contribution in [3.8, 4) is 0 Å². The summed E-state index contributed by atoms with van der Waals surface area (Å²) in [6.07, 6.45) is 0. The first kappa shape index (κ1) is 14.4. The van der Waals surface area contributed by atoms with Gasteiger partial charge in [-0.2, -0.15) is 11.3 Å². The zero-order valence-corrected chi connectivity index (χ0v) is 12.9. The zero-order chi connectivity index (χ0) is 14.7. The number of nitrogens with one attached hydrogen (secondary N) is 1. The van der Waals surface area contributed by atoms with Gasteiger partial charge in [0.25, 0.3) is 5.91 Å². The van der Waals surface area contributed by atoms with E-state index in [1.807, 2.05) is 22.9 Å². The van der Waals surface area contributed by atoms with Gasteiger partial charge in [0.2, 0.25) is 0 Å². The number of nitrogens with zero attached hydrogens (tertiary/aromatic N) is 1. The maximum absolute atomic E-state index is 12.2. The molecule has 1 fully saturated rings. The fraction of sp³-hybridized carbons (Fsp3) is 0.267. The number of hydrogen-bond donors (Lipinski definition) is 1. The smallest absolute Gasteiger partial charge is 0.256 e. The van der Waals surface area contributed by atoms with E-state index in [-0.39, 0.29) is 5.91 Å². The van der Waals surface area contributed by atoms with E-state index in [2.05, 4.69) is 10.2 Å². The highest BCUT2D eigenvalue weighted by Crippen LogP contribution is 2.30. The number of thiophene rings is 1. The fourth-order valence-electron chi connectivity index (χ4n) is 2.28. The van der Waals surface area contributed by atoms with Crippen LogP contribution in [0.4, 0.5) is 11.4 Å². The highest BCUT2D eigenvalue weighted by Gasteiger charge is 2.17. The van der Waals surface area contributed by atoms with Gasteiger partial charge in [-0.05, 0) is 29.6 Å². The minimum Gasteiger partial charge on any atom is -0.378 e. The summed E-state index contributed by atoms with van der Waals surface area (Å²) < 4.78 is 5.37. The van der Waals surface area contributed by atoms with Crippen LogP contribution in [0.5, 0.6) is 0 Å². The van der Waals surface area contributed by atoms with Gasteiger partial charge < -0.3 is 15.0 Å². The molecule has 1 N–H and O–H groups in total. The molecule has 1 aromatic carbocycles. The Hall–Kier alpha value is -1.56. The van der Waals surface area contributed by atoms with E-state index in [0.717, 1.165) is 24.5 Å². The first-order chi connectivity index (χ1) is 10.2. The van der Waals surface area contributed by atoms with Gasteiger partial charge in [0.15, 0.2) is 0 Å². The first-order valence-corrected chi connectivity index (χ1v) is 8.02. The van der Waals surface area contributed by atoms with E-state index < -0.39 is 0 Å². The van der Waals surface area contributed by atoms with Crippen LogP contribution < -0.4 is 10.2 Å². The lowest BCUT2D eigenvalue weighted by Crippen LogP contribution is -2.36. The number of ether oxygens (including phenoxy) is 1. The van der Waals surface area contributed by atoms with Crippen LogP contribution in [0.2, 0.25) is 5.02 Å². The number of halogens is 1. The molecule has 0 bridgehead atoms. The van der Waals surface area contributed by atoms with Gasteiger partial charge in [0, 0.05) is 23.5 Å². The van der Waals surface area contributed by atoms with Crippen LogP contribution >= 0.6 is 22.9 Å². The van der Waals surface area contributed by atoms with Crippen molar-refractivity contribution in [1.82, 2.24) is 0 Å². The molecule has 0 saturated carbocycles. The van der Waals surface area contributed by atoms with Crippen LogP contribution in [0, 0.1) is 0 Å². The van der Waals surface area contributed by atoms with E-state index in [9.17, 15) is 4.79 Å². The minimum atomic E-state index is -0.118. The molecule has 2 aromatic rings. The Morgan fingerprint density at radius 2 is 2.10 bits per heavy atom. The molecular weight excluding hydrogens is 308 g/mol. The van der Waals surface area contributed by atoms with E-state index >= 15 is 0 Å². The second-order valence-electron chi connectivity index (χ2n) is 4.73. The summed E-state index contributed by atoms with van der Waals surface area (Å²) >= 11 is 7.57. The molecule has 2 heterocycles. The number of carbonyl (C=O) groups is 1. The van der Waals surface area contributed by atoms with Crippen molar-refractivity contribution in [2.45, 2.75) is 0 Å². The summed E-state index contributed by atoms with van der Waals surface area (Å²) in [6.45, 7) is 3.01. The number of anilines is 2. The van der Waals surface area contributed by atoms with E-state index in [1.165, 1.54) is 11.3 Å². The SMILES string of the molecule is O=C(Nc1cc(Cl)ccc1N1CCOCC1)c1ccsc1. The monoisotopic (exact) mass is 322 g/mol. The maximum Gasteiger partial charge on any atom is 0.256 e. The third kappa shape index (κ3) is 3.37. The Morgan fingerprint density at radius 3 is 2.81 bits per heavy atom. The van der Waals surface area contributed by atoms with Gasteiger partial charge in [-0.3, -0.25) is 4.79 Å². The van der Waals surface area contributed by atoms with Crippen LogP contribution in [0.25, 0.3) is 0 Å². The molecule has 1 aliphatic heterocycles. The van der Waals surface area contributed by atoms with Gasteiger partial charge in [0.05, 0.1) is 30.2 Å². The lowest BCUT2D eigenvalue weighted by Gasteiger charge is -2.30. The third-order valence-electron chi connectivity index (χ3n) is 3.34. The number of rotatable bonds is 3. The summed E-state index contributed by atoms with van der Waals surface area (Å²) in [6, 6.07) is 7.37. The number of carbonyl (C=O) groups excluding carboxylic acids is 1. The Balaban J connectivity index is 1.85. The molecule has 0 radical (unpaired) electrons. The largest absolute Gasteiger partial charge is 0.378 e. The normalized spacial score (nSPS) is 15.0. The van der Waals surface area contributed by atoms with Crippen molar-refractivity contribution in [3.05, 3.63) is 45.6 Å². The van der Waals surface area contributed by atoms with Crippen LogP contribution in [-0.2, 0) is 4.74 Å². The number of benzene rings is 1. The molecule has 0 atom stereocenters. The Kier molecular flexibility index (Phi) is 4.43. The Labute approximate surface area is 132 Å². The van der Waals surface area contributed by atoms with Crippen molar-refractivity contribution in [1.29, 1.82) is 0 Å². The zero-order valence-electron chi connectivity index (χ0n) is 11.3. The van der Waals surface area contributed by atoms with Gasteiger partial charge in [-0.25, -0.2) is 0 Å². The molecule has 21 heavy (non-hydrogen) atoms. The minimum absolute atomic E-state index is 0.118. The number of morpholine rings is 1. The summed E-state index contributed by atoms with van der Waals surface area (Å²) in [5.74, 6) is -0.118. The lowest BCUT2D eigenvalue weighted by atomic mass is 10.2. The van der Waals surface area contributed by atoms with E-state index in [1.54, 1.807) is 12.1 Å². The molecule has 1 saturated heterocycles. The lowest BCUT2D eigenvalue weighted by molar-refractivity contribution is 0.102. The third-order valence-corrected chi connectivity index (χ3v) is 4.26. The molecular formula is C15H15ClN2O2S. The van der Waals surface area contributed by atoms with E-state index in [0.29, 0.717) is 23.8 Å². The second-order valence-corrected chi connectivity index (χ2v) is 5.94. The van der Waals surface area contributed by atoms with E-state index in [4.69, 9.17) is 16.3 Å². The fourth-order valence-corrected chi connectivity index (χ4v) is 3.08. The Bertz CT molecular complexity index is 625. The first-order valence-electron chi connectivity index (χ1n) is 6.70. The predicted molar refractivity (Wildman–Crippen MR) is 86.8 cm³/mol. The predicted octanol–water partition coefficient (Wildman–Crippen LogP) is 3.49. The summed E-state index contributed by atoms with van der Waals surface area (Å²) in [4.78, 5) is 14.4. The van der Waals surface area contributed by atoms with Crippen molar-refractivity contribution < 1.29 is 9.53 Å². The summed E-state index contributed by atoms with van der Waals surface area (Å²) in [7, 11) is 0. The molecule has 0 spiro atoms. The van der Waals surface area contributed by atoms with Crippen molar-refractivity contribution in [2.24, 2.45) is 0 Å². The second kappa shape index (κ2) is 6.47. The Morgan fingerprint density at radius 1 is 1.29 bits per heavy atom. The van der Waals surface area contributed by atoms with Crippen LogP contribution in [0.15, 0.2) is 35.0 Å². The number of amides is 1. The molecule has 1 aromatic heterocycles. The highest BCUT2D eigenvalue weighted by atomic mass is 35.5. The molecule has 1 amide bonds. The van der Waals surface area contributed by atoms with Gasteiger partial charge in [0.1, 0.15) is 0 Å². The van der Waals surface area contributed by atoms with Crippen LogP contribution in [0.3, 0.4) is 0 Å². The quantitative estimate of drug-likeness (QED) is 0.940. The average Bonchev–Trinajstić information content (AvgIpc) is 3.03. The number of hydrogen-bond acceptors (Lipinski definition) is 4. The maximum atomic E-state index is 12.2. The van der Waals surface area contributed by atoms with Gasteiger partial charge in [-0.15, -0.1) is 0 Å². The molecule has 1 aliphatic rings. The van der Waals surface area contributed by atoms with Crippen LogP contribution in [0.1, 0.15) is 10.4 Å². The molecule has 0 aliphatic carbocycles. The molecule has 4 nitrogen and oxygen atoms in total. The molecule has 3 rings (SSSR count). The average molecular weight is 323 g/mol.